The van der Waals surface area contributed by atoms with E-state index in [4.69, 9.17) is 4.74 Å². The zero-order valence-corrected chi connectivity index (χ0v) is 13.8. The molecule has 123 valence electrons. The zero-order valence-electron chi connectivity index (χ0n) is 13.8. The number of hydrogen-bond donors (Lipinski definition) is 1. The second-order valence-electron chi connectivity index (χ2n) is 6.34. The Labute approximate surface area is 141 Å². The second kappa shape index (κ2) is 6.87. The smallest absolute Gasteiger partial charge is 0.408 e. The third kappa shape index (κ3) is 3.18. The first-order chi connectivity index (χ1) is 11.6. The van der Waals surface area contributed by atoms with Crippen LogP contribution in [0, 0.1) is 5.92 Å². The highest BCUT2D eigenvalue weighted by Crippen LogP contribution is 2.38. The van der Waals surface area contributed by atoms with E-state index in [0.29, 0.717) is 0 Å². The van der Waals surface area contributed by atoms with E-state index in [1.54, 1.807) is 0 Å². The van der Waals surface area contributed by atoms with Crippen molar-refractivity contribution < 1.29 is 14.3 Å². The minimum absolute atomic E-state index is 0.0227. The first-order valence-corrected chi connectivity index (χ1v) is 8.10. The summed E-state index contributed by atoms with van der Waals surface area (Å²) in [6.07, 6.45) is 2.08. The topological polar surface area (TPSA) is 55.4 Å². The molecule has 24 heavy (non-hydrogen) atoms. The maximum atomic E-state index is 11.9. The van der Waals surface area contributed by atoms with Crippen LogP contribution in [0.2, 0.25) is 0 Å². The maximum absolute atomic E-state index is 11.9. The predicted octanol–water partition coefficient (Wildman–Crippen LogP) is 3.62. The van der Waals surface area contributed by atoms with Crippen LogP contribution in [0.5, 0.6) is 0 Å². The number of fused-ring (bicyclic) bond motifs is 3. The number of amides is 1. The summed E-state index contributed by atoms with van der Waals surface area (Å²) in [5, 5.41) is 2.54. The number of hydrogen-bond acceptors (Lipinski definition) is 3. The number of ether oxygens (including phenoxy) is 1. The van der Waals surface area contributed by atoms with Gasteiger partial charge in [-0.25, -0.2) is 4.79 Å². The largest absolute Gasteiger partial charge is 0.445 e. The molecule has 2 aromatic carbocycles. The van der Waals surface area contributed by atoms with Crippen LogP contribution in [0.4, 0.5) is 4.79 Å². The third-order valence-corrected chi connectivity index (χ3v) is 4.37. The van der Waals surface area contributed by atoms with E-state index in [-0.39, 0.29) is 12.5 Å². The Morgan fingerprint density at radius 1 is 1.17 bits per heavy atom. The number of alkyl carbamates (subject to hydrolysis) is 1. The molecule has 0 saturated heterocycles. The molecule has 0 unspecified atom stereocenters. The fourth-order valence-corrected chi connectivity index (χ4v) is 3.00. The number of benzene rings is 2. The van der Waals surface area contributed by atoms with Crippen molar-refractivity contribution in [1.29, 1.82) is 0 Å². The molecule has 0 fully saturated rings. The molecule has 4 nitrogen and oxygen atoms in total. The lowest BCUT2D eigenvalue weighted by molar-refractivity contribution is 0.136. The van der Waals surface area contributed by atoms with E-state index in [1.165, 1.54) is 22.3 Å². The van der Waals surface area contributed by atoms with Gasteiger partial charge in [-0.3, -0.25) is 4.79 Å². The van der Waals surface area contributed by atoms with Gasteiger partial charge in [-0.05, 0) is 40.2 Å². The van der Waals surface area contributed by atoms with Crippen LogP contribution in [0.15, 0.2) is 42.5 Å². The predicted molar refractivity (Wildman–Crippen MR) is 92.3 cm³/mol. The van der Waals surface area contributed by atoms with Crippen LogP contribution in [-0.2, 0) is 22.6 Å². The molecule has 3 rings (SSSR count). The Morgan fingerprint density at radius 3 is 2.67 bits per heavy atom. The van der Waals surface area contributed by atoms with Gasteiger partial charge in [-0.2, -0.15) is 0 Å². The Hall–Kier alpha value is -2.62. The lowest BCUT2D eigenvalue weighted by atomic mass is 10.0. The first kappa shape index (κ1) is 16.2. The molecule has 1 aliphatic rings. The average Bonchev–Trinajstić information content (AvgIpc) is 2.96. The van der Waals surface area contributed by atoms with Crippen molar-refractivity contribution in [2.24, 2.45) is 5.92 Å². The fourth-order valence-electron chi connectivity index (χ4n) is 3.00. The van der Waals surface area contributed by atoms with Gasteiger partial charge in [0.15, 0.2) is 0 Å². The number of nitrogens with one attached hydrogen (secondary N) is 1. The standard InChI is InChI=1S/C20H20NO3/c1-13(2)19(11-22)21-20(23)24-12-15-7-5-9-17-16-8-4-3-6-14(16)10-18(15)17/h3-9,13,19H,10,12H2,1-2H3,(H,21,23)/t19-/m1/s1. The summed E-state index contributed by atoms with van der Waals surface area (Å²) >= 11 is 0. The summed E-state index contributed by atoms with van der Waals surface area (Å²) < 4.78 is 5.31. The molecule has 0 spiro atoms. The van der Waals surface area contributed by atoms with Crippen molar-refractivity contribution in [2.45, 2.75) is 32.9 Å². The Bertz CT molecular complexity index is 767. The summed E-state index contributed by atoms with van der Waals surface area (Å²) in [6, 6.07) is 13.7. The van der Waals surface area contributed by atoms with Crippen LogP contribution in [-0.4, -0.2) is 18.4 Å². The Balaban J connectivity index is 1.70. The molecule has 0 aliphatic heterocycles. The van der Waals surface area contributed by atoms with Crippen molar-refractivity contribution in [2.75, 3.05) is 0 Å². The number of rotatable bonds is 5. The normalized spacial score (nSPS) is 13.1. The molecule has 1 atom stereocenters. The van der Waals surface area contributed by atoms with Crippen molar-refractivity contribution >= 4 is 12.4 Å². The molecular formula is C20H20NO3. The van der Waals surface area contributed by atoms with Crippen LogP contribution in [0.3, 0.4) is 0 Å². The minimum Gasteiger partial charge on any atom is -0.445 e. The monoisotopic (exact) mass is 322 g/mol. The minimum atomic E-state index is -0.650. The molecule has 0 heterocycles. The molecule has 4 heteroatoms. The van der Waals surface area contributed by atoms with Gasteiger partial charge in [0.25, 0.3) is 0 Å². The van der Waals surface area contributed by atoms with Gasteiger partial charge >= 0.3 is 6.09 Å². The summed E-state index contributed by atoms with van der Waals surface area (Å²) in [6.45, 7) is 3.88. The Kier molecular flexibility index (Phi) is 4.65. The van der Waals surface area contributed by atoms with E-state index >= 15 is 0 Å². The molecule has 1 aliphatic carbocycles. The van der Waals surface area contributed by atoms with Crippen LogP contribution < -0.4 is 5.32 Å². The van der Waals surface area contributed by atoms with Gasteiger partial charge in [0.2, 0.25) is 6.29 Å². The molecule has 1 N–H and O–H groups in total. The second-order valence-corrected chi connectivity index (χ2v) is 6.34. The van der Waals surface area contributed by atoms with Crippen LogP contribution in [0.1, 0.15) is 30.5 Å². The molecule has 0 saturated carbocycles. The van der Waals surface area contributed by atoms with E-state index in [9.17, 15) is 9.59 Å². The third-order valence-electron chi connectivity index (χ3n) is 4.37. The van der Waals surface area contributed by atoms with Crippen molar-refractivity contribution in [3.8, 4) is 11.1 Å². The van der Waals surface area contributed by atoms with Crippen molar-refractivity contribution in [3.63, 3.8) is 0 Å². The van der Waals surface area contributed by atoms with E-state index < -0.39 is 12.1 Å². The highest BCUT2D eigenvalue weighted by molar-refractivity contribution is 5.78. The van der Waals surface area contributed by atoms with E-state index in [1.807, 2.05) is 44.4 Å². The Morgan fingerprint density at radius 2 is 1.92 bits per heavy atom. The van der Waals surface area contributed by atoms with Gasteiger partial charge in [-0.1, -0.05) is 56.3 Å². The summed E-state index contributed by atoms with van der Waals surface area (Å²) in [4.78, 5) is 22.7. The highest BCUT2D eigenvalue weighted by atomic mass is 16.5. The summed E-state index contributed by atoms with van der Waals surface area (Å²) in [5.41, 5.74) is 5.94. The van der Waals surface area contributed by atoms with E-state index in [2.05, 4.69) is 23.5 Å². The van der Waals surface area contributed by atoms with Gasteiger partial charge in [0.1, 0.15) is 12.6 Å². The molecule has 1 radical (unpaired) electrons. The fraction of sp³-hybridized carbons (Fsp3) is 0.300. The molecule has 2 aromatic rings. The van der Waals surface area contributed by atoms with Crippen LogP contribution in [0.25, 0.3) is 11.1 Å². The quantitative estimate of drug-likeness (QED) is 0.780. The first-order valence-electron chi connectivity index (χ1n) is 8.10. The van der Waals surface area contributed by atoms with Crippen molar-refractivity contribution in [3.05, 3.63) is 59.2 Å². The highest BCUT2D eigenvalue weighted by Gasteiger charge is 2.21. The summed E-state index contributed by atoms with van der Waals surface area (Å²) in [7, 11) is 0. The average molecular weight is 322 g/mol. The van der Waals surface area contributed by atoms with Crippen molar-refractivity contribution in [1.82, 2.24) is 5.32 Å². The lowest BCUT2D eigenvalue weighted by Crippen LogP contribution is -2.39. The zero-order chi connectivity index (χ0) is 17.1. The molecule has 1 amide bonds. The molecule has 0 bridgehead atoms. The molecule has 0 aromatic heterocycles. The lowest BCUT2D eigenvalue weighted by Gasteiger charge is -2.16. The van der Waals surface area contributed by atoms with Crippen LogP contribution >= 0.6 is 0 Å². The SMILES string of the molecule is CC(C)[C@@H]([C]=O)NC(=O)OCc1cccc2c1Cc1ccccc1-2. The van der Waals surface area contributed by atoms with E-state index in [0.717, 1.165) is 12.0 Å². The molecular weight excluding hydrogens is 302 g/mol. The number of carbonyl (C=O) groups excluding carboxylic acids is 2. The maximum Gasteiger partial charge on any atom is 0.408 e. The van der Waals surface area contributed by atoms with Gasteiger partial charge in [0.05, 0.1) is 0 Å². The summed E-state index contributed by atoms with van der Waals surface area (Å²) in [5.74, 6) is -0.0227. The van der Waals surface area contributed by atoms with Gasteiger partial charge in [-0.15, -0.1) is 0 Å². The van der Waals surface area contributed by atoms with Gasteiger partial charge in [0, 0.05) is 0 Å². The van der Waals surface area contributed by atoms with Gasteiger partial charge < -0.3 is 10.1 Å². The number of carbonyl (C=O) groups is 1.